The van der Waals surface area contributed by atoms with Gasteiger partial charge in [0.05, 0.1) is 12.6 Å². The van der Waals surface area contributed by atoms with E-state index in [2.05, 4.69) is 46.7 Å². The third kappa shape index (κ3) is 1.92. The maximum Gasteiger partial charge on any atom is 0.124 e. The minimum absolute atomic E-state index is 0.316. The molecule has 0 saturated carbocycles. The summed E-state index contributed by atoms with van der Waals surface area (Å²) in [6, 6.07) is 17.1. The van der Waals surface area contributed by atoms with Gasteiger partial charge in [-0.1, -0.05) is 18.2 Å². The van der Waals surface area contributed by atoms with Crippen molar-refractivity contribution >= 4 is 16.6 Å². The van der Waals surface area contributed by atoms with Crippen molar-refractivity contribution in [2.75, 3.05) is 11.9 Å². The van der Waals surface area contributed by atoms with Crippen LogP contribution in [-0.4, -0.2) is 11.6 Å². The summed E-state index contributed by atoms with van der Waals surface area (Å²) >= 11 is 0. The van der Waals surface area contributed by atoms with Crippen LogP contribution >= 0.6 is 0 Å². The maximum atomic E-state index is 5.70. The number of nitrogens with one attached hydrogen (secondary N) is 2. The number of aromatic amines is 1. The molecular weight excluding hydrogens is 248 g/mol. The topological polar surface area (TPSA) is 37.0 Å². The molecule has 3 aromatic rings. The summed E-state index contributed by atoms with van der Waals surface area (Å²) in [6.45, 7) is 0.765. The Balaban J connectivity index is 1.66. The van der Waals surface area contributed by atoms with Crippen LogP contribution in [0.5, 0.6) is 5.75 Å². The molecule has 0 amide bonds. The third-order valence-corrected chi connectivity index (χ3v) is 3.85. The van der Waals surface area contributed by atoms with Gasteiger partial charge in [-0.15, -0.1) is 0 Å². The van der Waals surface area contributed by atoms with Gasteiger partial charge in [0, 0.05) is 34.8 Å². The quantitative estimate of drug-likeness (QED) is 0.731. The van der Waals surface area contributed by atoms with Gasteiger partial charge in [-0.25, -0.2) is 0 Å². The molecule has 0 saturated heterocycles. The molecular formula is C17H16N2O. The highest BCUT2D eigenvalue weighted by molar-refractivity contribution is 5.83. The Labute approximate surface area is 117 Å². The Bertz CT molecular complexity index is 747. The van der Waals surface area contributed by atoms with Gasteiger partial charge in [0.25, 0.3) is 0 Å². The van der Waals surface area contributed by atoms with Gasteiger partial charge in [0.2, 0.25) is 0 Å². The first kappa shape index (κ1) is 11.4. The molecule has 0 fully saturated rings. The van der Waals surface area contributed by atoms with Gasteiger partial charge < -0.3 is 15.0 Å². The number of rotatable bonds is 2. The maximum absolute atomic E-state index is 5.70. The van der Waals surface area contributed by atoms with Crippen LogP contribution in [0.2, 0.25) is 0 Å². The van der Waals surface area contributed by atoms with Gasteiger partial charge in [-0.05, 0) is 30.3 Å². The van der Waals surface area contributed by atoms with E-state index in [0.717, 1.165) is 24.5 Å². The number of para-hydroxylation sites is 1. The number of aromatic nitrogens is 1. The molecule has 2 heterocycles. The van der Waals surface area contributed by atoms with Gasteiger partial charge in [0.15, 0.2) is 0 Å². The first-order valence-electron chi connectivity index (χ1n) is 6.95. The zero-order valence-corrected chi connectivity index (χ0v) is 11.1. The average Bonchev–Trinajstić information content (AvgIpc) is 2.95. The van der Waals surface area contributed by atoms with Crippen LogP contribution in [0.1, 0.15) is 18.0 Å². The zero-order chi connectivity index (χ0) is 13.4. The molecule has 1 unspecified atom stereocenters. The van der Waals surface area contributed by atoms with E-state index in [4.69, 9.17) is 4.74 Å². The van der Waals surface area contributed by atoms with E-state index in [1.807, 2.05) is 18.3 Å². The van der Waals surface area contributed by atoms with Crippen LogP contribution in [0.25, 0.3) is 10.9 Å². The molecule has 2 aromatic carbocycles. The lowest BCUT2D eigenvalue weighted by Gasteiger charge is -2.27. The number of hydrogen-bond acceptors (Lipinski definition) is 2. The van der Waals surface area contributed by atoms with Crippen molar-refractivity contribution in [2.24, 2.45) is 0 Å². The summed E-state index contributed by atoms with van der Waals surface area (Å²) in [5.74, 6) is 0.999. The molecule has 0 radical (unpaired) electrons. The standard InChI is InChI=1S/C17H16N2O/c1-2-4-17-14(3-1)16(8-10-20-17)19-13-5-6-15-12(11-13)7-9-18-15/h1-7,9,11,16,18-19H,8,10H2. The number of anilines is 1. The lowest BCUT2D eigenvalue weighted by Crippen LogP contribution is -2.20. The molecule has 3 nitrogen and oxygen atoms in total. The molecule has 1 atom stereocenters. The van der Waals surface area contributed by atoms with E-state index >= 15 is 0 Å². The van der Waals surface area contributed by atoms with Crippen molar-refractivity contribution in [3.63, 3.8) is 0 Å². The molecule has 2 N–H and O–H groups in total. The first-order chi connectivity index (χ1) is 9.90. The fraction of sp³-hybridized carbons (Fsp3) is 0.176. The number of ether oxygens (including phenoxy) is 1. The van der Waals surface area contributed by atoms with Crippen molar-refractivity contribution in [3.8, 4) is 5.75 Å². The van der Waals surface area contributed by atoms with Crippen LogP contribution in [0, 0.1) is 0 Å². The molecule has 100 valence electrons. The molecule has 4 rings (SSSR count). The second-order valence-corrected chi connectivity index (χ2v) is 5.15. The monoisotopic (exact) mass is 264 g/mol. The second-order valence-electron chi connectivity index (χ2n) is 5.15. The summed E-state index contributed by atoms with van der Waals surface area (Å²) in [6.07, 6.45) is 2.96. The molecule has 1 aromatic heterocycles. The highest BCUT2D eigenvalue weighted by Gasteiger charge is 2.20. The Morgan fingerprint density at radius 1 is 1.10 bits per heavy atom. The highest BCUT2D eigenvalue weighted by atomic mass is 16.5. The highest BCUT2D eigenvalue weighted by Crippen LogP contribution is 2.34. The average molecular weight is 264 g/mol. The molecule has 0 spiro atoms. The predicted octanol–water partition coefficient (Wildman–Crippen LogP) is 4.10. The minimum Gasteiger partial charge on any atom is -0.493 e. The third-order valence-electron chi connectivity index (χ3n) is 3.85. The van der Waals surface area contributed by atoms with E-state index in [1.165, 1.54) is 16.5 Å². The van der Waals surface area contributed by atoms with Gasteiger partial charge >= 0.3 is 0 Å². The van der Waals surface area contributed by atoms with E-state index in [0.29, 0.717) is 6.04 Å². The molecule has 3 heteroatoms. The minimum atomic E-state index is 0.316. The Hall–Kier alpha value is -2.42. The van der Waals surface area contributed by atoms with E-state index in [9.17, 15) is 0 Å². The molecule has 0 aliphatic carbocycles. The van der Waals surface area contributed by atoms with Gasteiger partial charge in [-0.3, -0.25) is 0 Å². The largest absolute Gasteiger partial charge is 0.493 e. The number of fused-ring (bicyclic) bond motifs is 2. The van der Waals surface area contributed by atoms with E-state index in [-0.39, 0.29) is 0 Å². The molecule has 0 bridgehead atoms. The Kier molecular flexibility index (Phi) is 2.62. The molecule has 1 aliphatic heterocycles. The number of hydrogen-bond donors (Lipinski definition) is 2. The number of benzene rings is 2. The van der Waals surface area contributed by atoms with Crippen molar-refractivity contribution in [1.82, 2.24) is 4.98 Å². The fourth-order valence-electron chi connectivity index (χ4n) is 2.84. The van der Waals surface area contributed by atoms with Crippen molar-refractivity contribution in [3.05, 3.63) is 60.3 Å². The molecule has 20 heavy (non-hydrogen) atoms. The van der Waals surface area contributed by atoms with Gasteiger partial charge in [-0.2, -0.15) is 0 Å². The van der Waals surface area contributed by atoms with Crippen LogP contribution in [0.4, 0.5) is 5.69 Å². The number of H-pyrrole nitrogens is 1. The zero-order valence-electron chi connectivity index (χ0n) is 11.1. The summed E-state index contributed by atoms with van der Waals surface area (Å²) in [5.41, 5.74) is 3.56. The first-order valence-corrected chi connectivity index (χ1v) is 6.95. The van der Waals surface area contributed by atoms with E-state index in [1.54, 1.807) is 0 Å². The smallest absolute Gasteiger partial charge is 0.124 e. The Morgan fingerprint density at radius 2 is 2.05 bits per heavy atom. The lowest BCUT2D eigenvalue weighted by molar-refractivity contribution is 0.274. The van der Waals surface area contributed by atoms with Crippen molar-refractivity contribution in [2.45, 2.75) is 12.5 Å². The van der Waals surface area contributed by atoms with E-state index < -0.39 is 0 Å². The van der Waals surface area contributed by atoms with Crippen LogP contribution in [-0.2, 0) is 0 Å². The SMILES string of the molecule is c1ccc2c(c1)OCCC2Nc1ccc2[nH]ccc2c1. The van der Waals surface area contributed by atoms with Crippen LogP contribution < -0.4 is 10.1 Å². The summed E-state index contributed by atoms with van der Waals surface area (Å²) in [4.78, 5) is 3.22. The van der Waals surface area contributed by atoms with Crippen molar-refractivity contribution < 1.29 is 4.74 Å². The second kappa shape index (κ2) is 4.60. The van der Waals surface area contributed by atoms with Crippen molar-refractivity contribution in [1.29, 1.82) is 0 Å². The lowest BCUT2D eigenvalue weighted by atomic mass is 10.0. The summed E-state index contributed by atoms with van der Waals surface area (Å²) in [7, 11) is 0. The predicted molar refractivity (Wildman–Crippen MR) is 81.2 cm³/mol. The summed E-state index contributed by atoms with van der Waals surface area (Å²) < 4.78 is 5.70. The van der Waals surface area contributed by atoms with Crippen LogP contribution in [0.15, 0.2) is 54.7 Å². The van der Waals surface area contributed by atoms with Gasteiger partial charge in [0.1, 0.15) is 5.75 Å². The van der Waals surface area contributed by atoms with Crippen LogP contribution in [0.3, 0.4) is 0 Å². The Morgan fingerprint density at radius 3 is 3.05 bits per heavy atom. The fourth-order valence-corrected chi connectivity index (χ4v) is 2.84. The summed E-state index contributed by atoms with van der Waals surface area (Å²) in [5, 5.41) is 4.86. The molecule has 1 aliphatic rings. The normalized spacial score (nSPS) is 17.5.